The van der Waals surface area contributed by atoms with Gasteiger partial charge in [0, 0.05) is 0 Å². The van der Waals surface area contributed by atoms with E-state index in [1.54, 1.807) is 24.3 Å². The molecule has 0 aliphatic carbocycles. The Balaban J connectivity index is 1.64. The minimum absolute atomic E-state index is 0.168. The fourth-order valence-corrected chi connectivity index (χ4v) is 4.96. The van der Waals surface area contributed by atoms with E-state index in [0.717, 1.165) is 5.52 Å². The Bertz CT molecular complexity index is 967. The van der Waals surface area contributed by atoms with Crippen LogP contribution in [0.15, 0.2) is 52.9 Å². The normalized spacial score (nSPS) is 13.0. The molecule has 0 saturated heterocycles. The Hall–Kier alpha value is -1.90. The Kier molecular flexibility index (Phi) is 6.51. The van der Waals surface area contributed by atoms with Crippen LogP contribution in [0.5, 0.6) is 5.75 Å². The summed E-state index contributed by atoms with van der Waals surface area (Å²) in [5, 5.41) is 3.48. The lowest BCUT2D eigenvalue weighted by Gasteiger charge is -2.24. The number of hydrogen-bond donors (Lipinski definition) is 3. The summed E-state index contributed by atoms with van der Waals surface area (Å²) in [6.07, 6.45) is 0. The van der Waals surface area contributed by atoms with E-state index < -0.39 is 6.64 Å². The van der Waals surface area contributed by atoms with Crippen LogP contribution >= 0.6 is 30.5 Å². The molecule has 0 aliphatic heterocycles. The molecule has 3 rings (SSSR count). The summed E-state index contributed by atoms with van der Waals surface area (Å²) in [7, 11) is 0. The first kappa shape index (κ1) is 19.9. The lowest BCUT2D eigenvalue weighted by atomic mass is 10.3. The maximum absolute atomic E-state index is 6.13. The molecular formula is C16H16ClN4O3PS2. The molecule has 0 spiro atoms. The zero-order valence-electron chi connectivity index (χ0n) is 14.1. The molecular weight excluding hydrogens is 427 g/mol. The number of anilines is 1. The Morgan fingerprint density at radius 3 is 2.70 bits per heavy atom. The van der Waals surface area contributed by atoms with Crippen LogP contribution in [-0.2, 0) is 16.3 Å². The predicted molar refractivity (Wildman–Crippen MR) is 114 cm³/mol. The molecule has 142 valence electrons. The predicted octanol–water partition coefficient (Wildman–Crippen LogP) is 4.61. The highest BCUT2D eigenvalue weighted by Crippen LogP contribution is 2.46. The number of para-hydroxylation sites is 3. The SMILES string of the molecule is CCO[P@@](=S)(NC(=S)NNc1nc2ccccc2o1)Oc1ccccc1Cl. The number of rotatable bonds is 7. The van der Waals surface area contributed by atoms with Gasteiger partial charge >= 0.3 is 12.7 Å². The first-order chi connectivity index (χ1) is 13.0. The number of hydrogen-bond acceptors (Lipinski definition) is 7. The van der Waals surface area contributed by atoms with Crippen LogP contribution in [0.1, 0.15) is 6.92 Å². The monoisotopic (exact) mass is 442 g/mol. The van der Waals surface area contributed by atoms with Crippen molar-refractivity contribution in [2.24, 2.45) is 0 Å². The number of nitrogens with one attached hydrogen (secondary N) is 3. The second-order valence-corrected chi connectivity index (χ2v) is 9.03. The van der Waals surface area contributed by atoms with Gasteiger partial charge in [-0.3, -0.25) is 15.9 Å². The van der Waals surface area contributed by atoms with Gasteiger partial charge in [0.2, 0.25) is 0 Å². The highest BCUT2D eigenvalue weighted by molar-refractivity contribution is 8.09. The van der Waals surface area contributed by atoms with Crippen molar-refractivity contribution in [2.75, 3.05) is 12.0 Å². The van der Waals surface area contributed by atoms with E-state index in [1.807, 2.05) is 31.2 Å². The molecule has 1 heterocycles. The minimum atomic E-state index is -2.97. The smallest absolute Gasteiger partial charge is 0.341 e. The molecule has 0 bridgehead atoms. The topological polar surface area (TPSA) is 80.6 Å². The molecule has 0 saturated carbocycles. The molecule has 1 atom stereocenters. The third-order valence-electron chi connectivity index (χ3n) is 3.17. The fraction of sp³-hybridized carbons (Fsp3) is 0.125. The number of nitrogens with zero attached hydrogens (tertiary/aromatic N) is 1. The molecule has 0 radical (unpaired) electrons. The summed E-state index contributed by atoms with van der Waals surface area (Å²) < 4.78 is 16.9. The molecule has 7 nitrogen and oxygen atoms in total. The number of aromatic nitrogens is 1. The van der Waals surface area contributed by atoms with Crippen molar-refractivity contribution in [1.29, 1.82) is 0 Å². The average molecular weight is 443 g/mol. The van der Waals surface area contributed by atoms with Gasteiger partial charge in [0.1, 0.15) is 11.3 Å². The lowest BCUT2D eigenvalue weighted by molar-refractivity contribution is 0.327. The van der Waals surface area contributed by atoms with Crippen molar-refractivity contribution in [2.45, 2.75) is 6.92 Å². The van der Waals surface area contributed by atoms with Crippen LogP contribution in [0.2, 0.25) is 5.02 Å². The van der Waals surface area contributed by atoms with Crippen LogP contribution < -0.4 is 20.5 Å². The second-order valence-electron chi connectivity index (χ2n) is 5.11. The molecule has 0 fully saturated rings. The largest absolute Gasteiger partial charge is 0.427 e. The molecule has 1 aromatic heterocycles. The number of thiocarbonyl (C=S) groups is 1. The van der Waals surface area contributed by atoms with Crippen LogP contribution in [0.4, 0.5) is 6.01 Å². The number of fused-ring (bicyclic) bond motifs is 1. The zero-order valence-corrected chi connectivity index (χ0v) is 17.4. The van der Waals surface area contributed by atoms with E-state index in [4.69, 9.17) is 49.1 Å². The second kappa shape index (κ2) is 8.86. The molecule has 27 heavy (non-hydrogen) atoms. The van der Waals surface area contributed by atoms with E-state index >= 15 is 0 Å². The summed E-state index contributed by atoms with van der Waals surface area (Å²) in [6, 6.07) is 14.6. The summed E-state index contributed by atoms with van der Waals surface area (Å²) in [5.74, 6) is 0.415. The highest BCUT2D eigenvalue weighted by atomic mass is 35.5. The number of halogens is 1. The summed E-state index contributed by atoms with van der Waals surface area (Å²) in [6.45, 7) is -0.815. The van der Waals surface area contributed by atoms with Gasteiger partial charge in [0.05, 0.1) is 11.6 Å². The van der Waals surface area contributed by atoms with Gasteiger partial charge in [-0.05, 0) is 55.2 Å². The quantitative estimate of drug-likeness (QED) is 0.276. The highest BCUT2D eigenvalue weighted by Gasteiger charge is 2.23. The van der Waals surface area contributed by atoms with Gasteiger partial charge in [0.25, 0.3) is 0 Å². The Morgan fingerprint density at radius 1 is 1.22 bits per heavy atom. The van der Waals surface area contributed by atoms with Crippen LogP contribution in [0, 0.1) is 0 Å². The summed E-state index contributed by atoms with van der Waals surface area (Å²) in [4.78, 5) is 4.27. The fourth-order valence-electron chi connectivity index (χ4n) is 2.09. The van der Waals surface area contributed by atoms with Crippen LogP contribution in [-0.4, -0.2) is 16.7 Å². The van der Waals surface area contributed by atoms with Crippen molar-refractivity contribution in [3.8, 4) is 5.75 Å². The zero-order chi connectivity index (χ0) is 19.3. The van der Waals surface area contributed by atoms with E-state index in [9.17, 15) is 0 Å². The van der Waals surface area contributed by atoms with Crippen LogP contribution in [0.3, 0.4) is 0 Å². The van der Waals surface area contributed by atoms with Gasteiger partial charge in [-0.15, -0.1) is 0 Å². The van der Waals surface area contributed by atoms with E-state index in [0.29, 0.717) is 23.0 Å². The molecule has 0 amide bonds. The van der Waals surface area contributed by atoms with Crippen molar-refractivity contribution in [3.05, 3.63) is 53.6 Å². The van der Waals surface area contributed by atoms with Crippen molar-refractivity contribution in [3.63, 3.8) is 0 Å². The molecule has 3 N–H and O–H groups in total. The third-order valence-corrected chi connectivity index (χ3v) is 6.18. The maximum Gasteiger partial charge on any atom is 0.341 e. The van der Waals surface area contributed by atoms with Gasteiger partial charge < -0.3 is 13.5 Å². The van der Waals surface area contributed by atoms with E-state index in [-0.39, 0.29) is 11.1 Å². The molecule has 2 aromatic carbocycles. The third kappa shape index (κ3) is 5.31. The maximum atomic E-state index is 6.13. The van der Waals surface area contributed by atoms with Crippen molar-refractivity contribution < 1.29 is 13.5 Å². The van der Waals surface area contributed by atoms with Gasteiger partial charge in [-0.1, -0.05) is 35.9 Å². The van der Waals surface area contributed by atoms with Crippen molar-refractivity contribution >= 4 is 64.5 Å². The first-order valence-corrected chi connectivity index (χ1v) is 11.3. The number of benzene rings is 2. The first-order valence-electron chi connectivity index (χ1n) is 7.87. The minimum Gasteiger partial charge on any atom is -0.427 e. The van der Waals surface area contributed by atoms with Gasteiger partial charge in [-0.2, -0.15) is 4.98 Å². The van der Waals surface area contributed by atoms with Crippen LogP contribution in [0.25, 0.3) is 11.1 Å². The number of oxazole rings is 1. The van der Waals surface area contributed by atoms with E-state index in [1.165, 1.54) is 0 Å². The average Bonchev–Trinajstić information content (AvgIpc) is 3.05. The lowest BCUT2D eigenvalue weighted by Crippen LogP contribution is -2.38. The Labute approximate surface area is 171 Å². The number of hydrazine groups is 1. The van der Waals surface area contributed by atoms with Gasteiger partial charge in [0.15, 0.2) is 10.7 Å². The molecule has 0 unspecified atom stereocenters. The van der Waals surface area contributed by atoms with Gasteiger partial charge in [-0.25, -0.2) is 0 Å². The molecule has 3 aromatic rings. The summed E-state index contributed by atoms with van der Waals surface area (Å²) >= 11 is 16.9. The summed E-state index contributed by atoms with van der Waals surface area (Å²) in [5.41, 5.74) is 6.91. The van der Waals surface area contributed by atoms with Crippen molar-refractivity contribution in [1.82, 2.24) is 15.5 Å². The van der Waals surface area contributed by atoms with E-state index in [2.05, 4.69) is 20.9 Å². The standard InChI is InChI=1S/C16H16ClN4O3PS2/c1-2-22-25(27,24-13-9-5-3-7-11(13)17)21-16(26)20-19-15-18-12-8-4-6-10-14(12)23-15/h3-10H,2H2,1H3,(H,18,19)(H2,20,21,26,27)/t25-/m0/s1. The molecule has 11 heteroatoms. The molecule has 0 aliphatic rings. The Morgan fingerprint density at radius 2 is 1.96 bits per heavy atom.